The molecule has 0 radical (unpaired) electrons. The molecule has 1 atom stereocenters. The van der Waals surface area contributed by atoms with Crippen molar-refractivity contribution >= 4 is 22.6 Å². The van der Waals surface area contributed by atoms with Gasteiger partial charge in [0.2, 0.25) is 0 Å². The quantitative estimate of drug-likeness (QED) is 0.667. The first-order valence-corrected chi connectivity index (χ1v) is 7.01. The van der Waals surface area contributed by atoms with Gasteiger partial charge in [-0.1, -0.05) is 18.2 Å². The number of aromatic nitrogens is 2. The van der Waals surface area contributed by atoms with Gasteiger partial charge in [-0.25, -0.2) is 9.37 Å². The Bertz CT molecular complexity index is 798. The van der Waals surface area contributed by atoms with E-state index in [1.165, 1.54) is 6.07 Å². The number of imidazole rings is 1. The number of rotatable bonds is 3. The standard InChI is InChI=1S/C16H14ClFN2O/c1-10(17)16-19-15-11(18)6-5-8-13(15)20(16)12-7-3-4-9-14(12)21-2/h3-10H,1-2H3. The Morgan fingerprint density at radius 2 is 1.95 bits per heavy atom. The number of nitrogens with zero attached hydrogens (tertiary/aromatic N) is 2. The Morgan fingerprint density at radius 1 is 1.19 bits per heavy atom. The molecule has 3 rings (SSSR count). The van der Waals surface area contributed by atoms with E-state index in [0.717, 1.165) is 5.69 Å². The first-order valence-electron chi connectivity index (χ1n) is 6.57. The average Bonchev–Trinajstić information content (AvgIpc) is 2.88. The zero-order chi connectivity index (χ0) is 15.0. The molecule has 0 aliphatic heterocycles. The smallest absolute Gasteiger partial charge is 0.151 e. The van der Waals surface area contributed by atoms with E-state index in [9.17, 15) is 4.39 Å². The zero-order valence-electron chi connectivity index (χ0n) is 11.7. The van der Waals surface area contributed by atoms with Crippen LogP contribution in [0.5, 0.6) is 5.75 Å². The summed E-state index contributed by atoms with van der Waals surface area (Å²) >= 11 is 6.23. The summed E-state index contributed by atoms with van der Waals surface area (Å²) in [6.07, 6.45) is 0. The lowest BCUT2D eigenvalue weighted by atomic mass is 10.2. The molecule has 2 aromatic carbocycles. The fourth-order valence-corrected chi connectivity index (χ4v) is 2.56. The molecule has 1 aromatic heterocycles. The van der Waals surface area contributed by atoms with Crippen LogP contribution in [0.3, 0.4) is 0 Å². The van der Waals surface area contributed by atoms with Gasteiger partial charge >= 0.3 is 0 Å². The minimum absolute atomic E-state index is 0.311. The third-order valence-electron chi connectivity index (χ3n) is 3.34. The maximum atomic E-state index is 14.0. The van der Waals surface area contributed by atoms with Crippen molar-refractivity contribution < 1.29 is 9.13 Å². The summed E-state index contributed by atoms with van der Waals surface area (Å²) in [5, 5.41) is -0.360. The number of methoxy groups -OCH3 is 1. The highest BCUT2D eigenvalue weighted by atomic mass is 35.5. The van der Waals surface area contributed by atoms with Gasteiger partial charge in [-0.3, -0.25) is 4.57 Å². The molecule has 0 aliphatic rings. The van der Waals surface area contributed by atoms with E-state index in [0.29, 0.717) is 22.6 Å². The molecule has 0 aliphatic carbocycles. The zero-order valence-corrected chi connectivity index (χ0v) is 12.4. The van der Waals surface area contributed by atoms with Crippen LogP contribution < -0.4 is 4.74 Å². The Morgan fingerprint density at radius 3 is 2.67 bits per heavy atom. The fourth-order valence-electron chi connectivity index (χ4n) is 2.42. The molecule has 108 valence electrons. The predicted octanol–water partition coefficient (Wildman–Crippen LogP) is 4.47. The molecule has 1 heterocycles. The molecule has 0 amide bonds. The molecular formula is C16H14ClFN2O. The maximum Gasteiger partial charge on any atom is 0.151 e. The van der Waals surface area contributed by atoms with Crippen molar-refractivity contribution in [3.05, 3.63) is 54.1 Å². The first-order chi connectivity index (χ1) is 10.1. The molecule has 0 saturated heterocycles. The van der Waals surface area contributed by atoms with E-state index in [2.05, 4.69) is 4.98 Å². The molecule has 0 N–H and O–H groups in total. The van der Waals surface area contributed by atoms with E-state index in [1.807, 2.05) is 41.8 Å². The number of halogens is 2. The highest BCUT2D eigenvalue weighted by molar-refractivity contribution is 6.20. The van der Waals surface area contributed by atoms with Gasteiger partial charge in [0.15, 0.2) is 5.82 Å². The highest BCUT2D eigenvalue weighted by Gasteiger charge is 2.20. The molecule has 0 spiro atoms. The van der Waals surface area contributed by atoms with Crippen LogP contribution in [-0.2, 0) is 0 Å². The van der Waals surface area contributed by atoms with Gasteiger partial charge < -0.3 is 4.74 Å². The minimum atomic E-state index is -0.361. The summed E-state index contributed by atoms with van der Waals surface area (Å²) in [7, 11) is 1.60. The second-order valence-corrected chi connectivity index (χ2v) is 5.36. The third-order valence-corrected chi connectivity index (χ3v) is 3.54. The molecule has 3 nitrogen and oxygen atoms in total. The number of para-hydroxylation sites is 3. The van der Waals surface area contributed by atoms with Crippen LogP contribution >= 0.6 is 11.6 Å². The van der Waals surface area contributed by atoms with Crippen LogP contribution in [0.2, 0.25) is 0 Å². The third kappa shape index (κ3) is 2.25. The molecule has 0 saturated carbocycles. The summed E-state index contributed by atoms with van der Waals surface area (Å²) < 4.78 is 21.2. The number of hydrogen-bond acceptors (Lipinski definition) is 2. The SMILES string of the molecule is COc1ccccc1-n1c(C(C)Cl)nc2c(F)cccc21. The van der Waals surface area contributed by atoms with Gasteiger partial charge in [-0.05, 0) is 31.2 Å². The van der Waals surface area contributed by atoms with Gasteiger partial charge in [-0.2, -0.15) is 0 Å². The molecule has 0 fully saturated rings. The van der Waals surface area contributed by atoms with E-state index < -0.39 is 0 Å². The van der Waals surface area contributed by atoms with Crippen LogP contribution in [0.1, 0.15) is 18.1 Å². The summed E-state index contributed by atoms with van der Waals surface area (Å²) in [5.74, 6) is 0.903. The number of ether oxygens (including phenoxy) is 1. The minimum Gasteiger partial charge on any atom is -0.495 e. The van der Waals surface area contributed by atoms with Gasteiger partial charge in [0, 0.05) is 0 Å². The molecule has 5 heteroatoms. The van der Waals surface area contributed by atoms with Crippen LogP contribution in [0.15, 0.2) is 42.5 Å². The van der Waals surface area contributed by atoms with Crippen molar-refractivity contribution in [2.45, 2.75) is 12.3 Å². The number of alkyl halides is 1. The highest BCUT2D eigenvalue weighted by Crippen LogP contribution is 2.33. The predicted molar refractivity (Wildman–Crippen MR) is 81.8 cm³/mol. The number of fused-ring (bicyclic) bond motifs is 1. The van der Waals surface area contributed by atoms with Crippen molar-refractivity contribution in [2.24, 2.45) is 0 Å². The van der Waals surface area contributed by atoms with E-state index in [4.69, 9.17) is 16.3 Å². The second-order valence-electron chi connectivity index (χ2n) is 4.70. The summed E-state index contributed by atoms with van der Waals surface area (Å²) in [5.41, 5.74) is 1.77. The van der Waals surface area contributed by atoms with Crippen LogP contribution in [0, 0.1) is 5.82 Å². The molecule has 0 bridgehead atoms. The Kier molecular flexibility index (Phi) is 3.55. The fraction of sp³-hybridized carbons (Fsp3) is 0.188. The second kappa shape index (κ2) is 5.37. The monoisotopic (exact) mass is 304 g/mol. The Hall–Kier alpha value is -2.07. The first kappa shape index (κ1) is 13.9. The number of hydrogen-bond donors (Lipinski definition) is 0. The maximum absolute atomic E-state index is 14.0. The molecule has 21 heavy (non-hydrogen) atoms. The van der Waals surface area contributed by atoms with Gasteiger partial charge in [-0.15, -0.1) is 11.6 Å². The van der Waals surface area contributed by atoms with E-state index in [-0.39, 0.29) is 11.2 Å². The van der Waals surface area contributed by atoms with Gasteiger partial charge in [0.1, 0.15) is 17.1 Å². The average molecular weight is 305 g/mol. The topological polar surface area (TPSA) is 27.1 Å². The van der Waals surface area contributed by atoms with Crippen molar-refractivity contribution in [1.29, 1.82) is 0 Å². The normalized spacial score (nSPS) is 12.6. The summed E-state index contributed by atoms with van der Waals surface area (Å²) in [4.78, 5) is 4.36. The summed E-state index contributed by atoms with van der Waals surface area (Å²) in [6.45, 7) is 1.81. The van der Waals surface area contributed by atoms with Crippen molar-refractivity contribution in [1.82, 2.24) is 9.55 Å². The molecular weight excluding hydrogens is 291 g/mol. The van der Waals surface area contributed by atoms with Crippen LogP contribution in [-0.4, -0.2) is 16.7 Å². The Balaban J connectivity index is 2.40. The van der Waals surface area contributed by atoms with Crippen LogP contribution in [0.25, 0.3) is 16.7 Å². The van der Waals surface area contributed by atoms with Crippen molar-refractivity contribution in [3.8, 4) is 11.4 Å². The molecule has 3 aromatic rings. The van der Waals surface area contributed by atoms with Gasteiger partial charge in [0.25, 0.3) is 0 Å². The summed E-state index contributed by atoms with van der Waals surface area (Å²) in [6, 6.07) is 12.4. The lowest BCUT2D eigenvalue weighted by Gasteiger charge is -2.14. The van der Waals surface area contributed by atoms with Gasteiger partial charge in [0.05, 0.1) is 23.7 Å². The van der Waals surface area contributed by atoms with Crippen molar-refractivity contribution in [3.63, 3.8) is 0 Å². The Labute approximate surface area is 126 Å². The largest absolute Gasteiger partial charge is 0.495 e. The van der Waals surface area contributed by atoms with E-state index >= 15 is 0 Å². The van der Waals surface area contributed by atoms with Crippen LogP contribution in [0.4, 0.5) is 4.39 Å². The van der Waals surface area contributed by atoms with E-state index in [1.54, 1.807) is 13.2 Å². The lowest BCUT2D eigenvalue weighted by Crippen LogP contribution is -2.03. The van der Waals surface area contributed by atoms with Crippen molar-refractivity contribution in [2.75, 3.05) is 7.11 Å². The number of benzene rings is 2. The lowest BCUT2D eigenvalue weighted by molar-refractivity contribution is 0.413. The molecule has 1 unspecified atom stereocenters.